The standard InChI is InChI=1S/C8H5ClN2O6/c1-17-8(12)4-2-6(10(13)14)7(11(15)16)3-5(4)9/h2-3H,1H3. The molecular formula is C8H5ClN2O6. The zero-order valence-corrected chi connectivity index (χ0v) is 9.13. The first kappa shape index (κ1) is 12.8. The second-order valence-electron chi connectivity index (χ2n) is 2.83. The second kappa shape index (κ2) is 4.74. The molecular weight excluding hydrogens is 256 g/mol. The van der Waals surface area contributed by atoms with Crippen LogP contribution < -0.4 is 0 Å². The van der Waals surface area contributed by atoms with E-state index in [9.17, 15) is 25.0 Å². The molecule has 9 heteroatoms. The van der Waals surface area contributed by atoms with Crippen LogP contribution in [0, 0.1) is 20.2 Å². The van der Waals surface area contributed by atoms with Crippen LogP contribution in [0.5, 0.6) is 0 Å². The van der Waals surface area contributed by atoms with Gasteiger partial charge in [-0.3, -0.25) is 20.2 Å². The number of carbonyl (C=O) groups excluding carboxylic acids is 1. The highest BCUT2D eigenvalue weighted by atomic mass is 35.5. The summed E-state index contributed by atoms with van der Waals surface area (Å²) in [6, 6.07) is 1.46. The summed E-state index contributed by atoms with van der Waals surface area (Å²) >= 11 is 5.60. The van der Waals surface area contributed by atoms with Crippen LogP contribution in [0.15, 0.2) is 12.1 Å². The molecule has 0 N–H and O–H groups in total. The van der Waals surface area contributed by atoms with Crippen LogP contribution in [0.1, 0.15) is 10.4 Å². The fourth-order valence-electron chi connectivity index (χ4n) is 1.11. The van der Waals surface area contributed by atoms with E-state index in [-0.39, 0.29) is 10.6 Å². The molecule has 0 saturated heterocycles. The summed E-state index contributed by atoms with van der Waals surface area (Å²) < 4.78 is 4.34. The summed E-state index contributed by atoms with van der Waals surface area (Å²) in [6.07, 6.45) is 0. The average Bonchev–Trinajstić information content (AvgIpc) is 2.27. The van der Waals surface area contributed by atoms with Gasteiger partial charge in [-0.2, -0.15) is 0 Å². The number of ether oxygens (including phenoxy) is 1. The van der Waals surface area contributed by atoms with Gasteiger partial charge in [0.2, 0.25) is 0 Å². The summed E-state index contributed by atoms with van der Waals surface area (Å²) in [7, 11) is 1.06. The van der Waals surface area contributed by atoms with Crippen LogP contribution in [0.25, 0.3) is 0 Å². The smallest absolute Gasteiger partial charge is 0.347 e. The third kappa shape index (κ3) is 2.48. The van der Waals surface area contributed by atoms with E-state index in [2.05, 4.69) is 4.74 Å². The molecule has 17 heavy (non-hydrogen) atoms. The van der Waals surface area contributed by atoms with Gasteiger partial charge in [-0.25, -0.2) is 4.79 Å². The lowest BCUT2D eigenvalue weighted by Crippen LogP contribution is -2.05. The number of nitrogens with zero attached hydrogens (tertiary/aromatic N) is 2. The van der Waals surface area contributed by atoms with Gasteiger partial charge in [0.1, 0.15) is 0 Å². The molecule has 0 radical (unpaired) electrons. The number of esters is 1. The molecule has 0 aromatic heterocycles. The minimum absolute atomic E-state index is 0.283. The van der Waals surface area contributed by atoms with E-state index in [1.54, 1.807) is 0 Å². The molecule has 8 nitrogen and oxygen atoms in total. The van der Waals surface area contributed by atoms with E-state index in [4.69, 9.17) is 11.6 Å². The minimum Gasteiger partial charge on any atom is -0.465 e. The van der Waals surface area contributed by atoms with Crippen molar-refractivity contribution < 1.29 is 19.4 Å². The molecule has 0 unspecified atom stereocenters. The molecule has 1 rings (SSSR count). The van der Waals surface area contributed by atoms with Crippen molar-refractivity contribution in [3.63, 3.8) is 0 Å². The van der Waals surface area contributed by atoms with Crippen molar-refractivity contribution in [1.82, 2.24) is 0 Å². The third-order valence-electron chi connectivity index (χ3n) is 1.86. The maximum Gasteiger partial charge on any atom is 0.347 e. The van der Waals surface area contributed by atoms with E-state index in [1.807, 2.05) is 0 Å². The SMILES string of the molecule is COC(=O)c1cc([N+](=O)[O-])c([N+](=O)[O-])cc1Cl. The molecule has 0 fully saturated rings. The number of nitro benzene ring substituents is 2. The van der Waals surface area contributed by atoms with Crippen LogP contribution in [0.2, 0.25) is 5.02 Å². The van der Waals surface area contributed by atoms with Gasteiger partial charge in [0, 0.05) is 12.1 Å². The van der Waals surface area contributed by atoms with Crippen molar-refractivity contribution in [2.45, 2.75) is 0 Å². The third-order valence-corrected chi connectivity index (χ3v) is 2.18. The van der Waals surface area contributed by atoms with Crippen LogP contribution in [-0.2, 0) is 4.74 Å². The largest absolute Gasteiger partial charge is 0.465 e. The highest BCUT2D eigenvalue weighted by molar-refractivity contribution is 6.34. The summed E-state index contributed by atoms with van der Waals surface area (Å²) in [5.41, 5.74) is -1.90. The molecule has 0 aliphatic rings. The Bertz CT molecular complexity index is 515. The summed E-state index contributed by atoms with van der Waals surface area (Å²) in [4.78, 5) is 30.4. The normalized spacial score (nSPS) is 9.76. The maximum absolute atomic E-state index is 11.2. The van der Waals surface area contributed by atoms with Gasteiger partial charge in [-0.15, -0.1) is 0 Å². The quantitative estimate of drug-likeness (QED) is 0.466. The Morgan fingerprint density at radius 3 is 2.12 bits per heavy atom. The summed E-state index contributed by atoms with van der Waals surface area (Å²) in [6.45, 7) is 0. The van der Waals surface area contributed by atoms with Crippen LogP contribution in [0.4, 0.5) is 11.4 Å². The maximum atomic E-state index is 11.2. The van der Waals surface area contributed by atoms with Crippen molar-refractivity contribution in [3.8, 4) is 0 Å². The Balaban J connectivity index is 3.50. The predicted molar refractivity (Wildman–Crippen MR) is 56.1 cm³/mol. The number of methoxy groups -OCH3 is 1. The van der Waals surface area contributed by atoms with E-state index >= 15 is 0 Å². The topological polar surface area (TPSA) is 113 Å². The van der Waals surface area contributed by atoms with Gasteiger partial charge >= 0.3 is 17.3 Å². The molecule has 0 amide bonds. The van der Waals surface area contributed by atoms with E-state index < -0.39 is 27.2 Å². The summed E-state index contributed by atoms with van der Waals surface area (Å²) in [5.74, 6) is -0.909. The minimum atomic E-state index is -0.971. The predicted octanol–water partition coefficient (Wildman–Crippen LogP) is 1.94. The van der Waals surface area contributed by atoms with Crippen molar-refractivity contribution in [2.24, 2.45) is 0 Å². The number of rotatable bonds is 3. The van der Waals surface area contributed by atoms with Crippen molar-refractivity contribution in [1.29, 1.82) is 0 Å². The lowest BCUT2D eigenvalue weighted by Gasteiger charge is -2.02. The first-order valence-corrected chi connectivity index (χ1v) is 4.47. The van der Waals surface area contributed by atoms with E-state index in [0.717, 1.165) is 13.2 Å². The number of benzene rings is 1. The number of hydrogen-bond donors (Lipinski definition) is 0. The Morgan fingerprint density at radius 1 is 1.24 bits per heavy atom. The molecule has 0 saturated carbocycles. The van der Waals surface area contributed by atoms with Gasteiger partial charge in [0.15, 0.2) is 0 Å². The monoisotopic (exact) mass is 260 g/mol. The molecule has 0 spiro atoms. The number of nitro groups is 2. The molecule has 0 atom stereocenters. The molecule has 1 aromatic rings. The zero-order chi connectivity index (χ0) is 13.2. The van der Waals surface area contributed by atoms with Gasteiger partial charge < -0.3 is 4.74 Å². The summed E-state index contributed by atoms with van der Waals surface area (Å²) in [5, 5.41) is 20.9. The molecule has 1 aromatic carbocycles. The first-order valence-electron chi connectivity index (χ1n) is 4.09. The van der Waals surface area contributed by atoms with Crippen molar-refractivity contribution in [3.05, 3.63) is 42.9 Å². The number of halogens is 1. The molecule has 0 bridgehead atoms. The van der Waals surface area contributed by atoms with Gasteiger partial charge in [0.05, 0.1) is 27.5 Å². The zero-order valence-electron chi connectivity index (χ0n) is 8.38. The number of hydrogen-bond acceptors (Lipinski definition) is 6. The fraction of sp³-hybridized carbons (Fsp3) is 0.125. The average molecular weight is 261 g/mol. The van der Waals surface area contributed by atoms with Gasteiger partial charge in [-0.1, -0.05) is 11.6 Å². The highest BCUT2D eigenvalue weighted by Crippen LogP contribution is 2.32. The van der Waals surface area contributed by atoms with Crippen molar-refractivity contribution in [2.75, 3.05) is 7.11 Å². The van der Waals surface area contributed by atoms with Crippen LogP contribution in [0.3, 0.4) is 0 Å². The Labute approximate surface area is 99.0 Å². The van der Waals surface area contributed by atoms with E-state index in [1.165, 1.54) is 0 Å². The number of carbonyl (C=O) groups is 1. The Morgan fingerprint density at radius 2 is 1.71 bits per heavy atom. The Kier molecular flexibility index (Phi) is 3.59. The fourth-order valence-corrected chi connectivity index (χ4v) is 1.35. The molecule has 0 heterocycles. The van der Waals surface area contributed by atoms with Crippen molar-refractivity contribution >= 4 is 28.9 Å². The highest BCUT2D eigenvalue weighted by Gasteiger charge is 2.28. The Hall–Kier alpha value is -2.22. The lowest BCUT2D eigenvalue weighted by atomic mass is 10.1. The van der Waals surface area contributed by atoms with Gasteiger partial charge in [0.25, 0.3) is 0 Å². The van der Waals surface area contributed by atoms with Crippen LogP contribution in [-0.4, -0.2) is 22.9 Å². The van der Waals surface area contributed by atoms with Crippen LogP contribution >= 0.6 is 11.6 Å². The molecule has 90 valence electrons. The van der Waals surface area contributed by atoms with Gasteiger partial charge in [-0.05, 0) is 0 Å². The lowest BCUT2D eigenvalue weighted by molar-refractivity contribution is -0.422. The first-order chi connectivity index (χ1) is 7.88. The molecule has 0 aliphatic carbocycles. The second-order valence-corrected chi connectivity index (χ2v) is 3.23. The van der Waals surface area contributed by atoms with E-state index in [0.29, 0.717) is 6.07 Å². The molecule has 0 aliphatic heterocycles.